The van der Waals surface area contributed by atoms with Crippen LogP contribution in [0, 0.1) is 11.3 Å². The Balaban J connectivity index is 2.30. The number of carbonyl (C=O) groups is 2. The van der Waals surface area contributed by atoms with Gasteiger partial charge in [0.1, 0.15) is 11.1 Å². The number of rotatable bonds is 3. The Morgan fingerprint density at radius 3 is 2.88 bits per heavy atom. The van der Waals surface area contributed by atoms with E-state index in [4.69, 9.17) is 10.00 Å². The number of nitrogens with zero attached hydrogens (tertiary/aromatic N) is 2. The molecular weight excluding hydrogens is 240 g/mol. The zero-order valence-electron chi connectivity index (χ0n) is 9.43. The maximum atomic E-state index is 11.7. The van der Waals surface area contributed by atoms with E-state index in [1.165, 1.54) is 11.8 Å². The maximum absolute atomic E-state index is 11.7. The fraction of sp³-hybridized carbons (Fsp3) is 0.545. The van der Waals surface area contributed by atoms with Gasteiger partial charge in [-0.25, -0.2) is 4.79 Å². The Hall–Kier alpha value is -1.48. The van der Waals surface area contributed by atoms with Gasteiger partial charge in [-0.3, -0.25) is 4.79 Å². The Kier molecular flexibility index (Phi) is 3.38. The average molecular weight is 252 g/mol. The van der Waals surface area contributed by atoms with E-state index in [1.807, 2.05) is 6.07 Å². The summed E-state index contributed by atoms with van der Waals surface area (Å²) in [5, 5.41) is 9.50. The molecule has 1 saturated carbocycles. The van der Waals surface area contributed by atoms with Crippen LogP contribution in [0.5, 0.6) is 0 Å². The molecule has 1 aliphatic carbocycles. The van der Waals surface area contributed by atoms with Crippen molar-refractivity contribution in [3.05, 3.63) is 10.6 Å². The van der Waals surface area contributed by atoms with Crippen LogP contribution in [0.2, 0.25) is 0 Å². The first-order valence-corrected chi connectivity index (χ1v) is 6.44. The molecule has 1 amide bonds. The highest BCUT2D eigenvalue weighted by atomic mass is 32.2. The highest BCUT2D eigenvalue weighted by molar-refractivity contribution is 8.04. The van der Waals surface area contributed by atoms with Crippen molar-refractivity contribution in [2.75, 3.05) is 12.4 Å². The SMILES string of the molecule is CCOC(=O)/C(C#N)=C1\SCC(=O)N1C1CC1. The third kappa shape index (κ3) is 2.29. The van der Waals surface area contributed by atoms with Gasteiger partial charge >= 0.3 is 5.97 Å². The second-order valence-electron chi connectivity index (χ2n) is 3.80. The van der Waals surface area contributed by atoms with Gasteiger partial charge in [0.2, 0.25) is 5.91 Å². The monoisotopic (exact) mass is 252 g/mol. The van der Waals surface area contributed by atoms with Crippen LogP contribution in [0.1, 0.15) is 19.8 Å². The minimum Gasteiger partial charge on any atom is -0.462 e. The summed E-state index contributed by atoms with van der Waals surface area (Å²) in [7, 11) is 0. The van der Waals surface area contributed by atoms with Gasteiger partial charge in [0.25, 0.3) is 0 Å². The number of esters is 1. The molecule has 2 fully saturated rings. The van der Waals surface area contributed by atoms with Gasteiger partial charge in [-0.05, 0) is 19.8 Å². The second kappa shape index (κ2) is 4.80. The van der Waals surface area contributed by atoms with Gasteiger partial charge in [0.15, 0.2) is 5.57 Å². The van der Waals surface area contributed by atoms with Crippen LogP contribution in [0.4, 0.5) is 0 Å². The first-order valence-electron chi connectivity index (χ1n) is 5.45. The van der Waals surface area contributed by atoms with Gasteiger partial charge in [-0.15, -0.1) is 0 Å². The average Bonchev–Trinajstić information content (AvgIpc) is 3.06. The first kappa shape index (κ1) is 12.0. The van der Waals surface area contributed by atoms with Crippen LogP contribution in [-0.4, -0.2) is 35.2 Å². The smallest absolute Gasteiger partial charge is 0.351 e. The van der Waals surface area contributed by atoms with Crippen molar-refractivity contribution in [3.8, 4) is 6.07 Å². The lowest BCUT2D eigenvalue weighted by Crippen LogP contribution is -2.28. The van der Waals surface area contributed by atoms with Crippen molar-refractivity contribution in [1.82, 2.24) is 4.90 Å². The second-order valence-corrected chi connectivity index (χ2v) is 4.76. The van der Waals surface area contributed by atoms with Crippen LogP contribution in [-0.2, 0) is 14.3 Å². The third-order valence-corrected chi connectivity index (χ3v) is 3.60. The summed E-state index contributed by atoms with van der Waals surface area (Å²) in [6.45, 7) is 1.91. The standard InChI is InChI=1S/C11H12N2O3S/c1-2-16-11(15)8(5-12)10-13(7-3-4-7)9(14)6-17-10/h7H,2-4,6H2,1H3/b10-8-. The molecule has 0 bridgehead atoms. The topological polar surface area (TPSA) is 70.4 Å². The molecule has 0 radical (unpaired) electrons. The van der Waals surface area contributed by atoms with Gasteiger partial charge in [-0.2, -0.15) is 5.26 Å². The largest absolute Gasteiger partial charge is 0.462 e. The summed E-state index contributed by atoms with van der Waals surface area (Å²) in [5.74, 6) is -0.362. The minimum atomic E-state index is -0.641. The Bertz CT molecular complexity index is 434. The molecule has 90 valence electrons. The Labute approximate surface area is 103 Å². The summed E-state index contributed by atoms with van der Waals surface area (Å²) in [6.07, 6.45) is 1.88. The fourth-order valence-electron chi connectivity index (χ4n) is 1.66. The van der Waals surface area contributed by atoms with Crippen molar-refractivity contribution in [3.63, 3.8) is 0 Å². The molecule has 0 unspecified atom stereocenters. The number of carbonyl (C=O) groups excluding carboxylic acids is 2. The van der Waals surface area contributed by atoms with Crippen molar-refractivity contribution in [1.29, 1.82) is 5.26 Å². The van der Waals surface area contributed by atoms with E-state index in [-0.39, 0.29) is 24.1 Å². The van der Waals surface area contributed by atoms with Crippen LogP contribution >= 0.6 is 11.8 Å². The molecular formula is C11H12N2O3S. The van der Waals surface area contributed by atoms with Crippen molar-refractivity contribution in [2.45, 2.75) is 25.8 Å². The molecule has 0 atom stereocenters. The number of hydrogen-bond acceptors (Lipinski definition) is 5. The summed E-state index contributed by atoms with van der Waals surface area (Å²) >= 11 is 1.25. The molecule has 1 aliphatic heterocycles. The van der Waals surface area contributed by atoms with Crippen LogP contribution in [0.3, 0.4) is 0 Å². The zero-order chi connectivity index (χ0) is 12.4. The number of nitriles is 1. The summed E-state index contributed by atoms with van der Waals surface area (Å²) in [4.78, 5) is 24.9. The van der Waals surface area contributed by atoms with E-state index in [0.29, 0.717) is 10.8 Å². The van der Waals surface area contributed by atoms with Crippen molar-refractivity contribution < 1.29 is 14.3 Å². The van der Waals surface area contributed by atoms with Gasteiger partial charge in [0, 0.05) is 6.04 Å². The van der Waals surface area contributed by atoms with Crippen molar-refractivity contribution in [2.24, 2.45) is 0 Å². The molecule has 17 heavy (non-hydrogen) atoms. The molecule has 6 heteroatoms. The molecule has 0 aromatic heterocycles. The van der Waals surface area contributed by atoms with Gasteiger partial charge in [0.05, 0.1) is 12.4 Å². The normalized spacial score (nSPS) is 22.4. The summed E-state index contributed by atoms with van der Waals surface area (Å²) < 4.78 is 4.82. The molecule has 0 aromatic carbocycles. The molecule has 2 rings (SSSR count). The maximum Gasteiger partial charge on any atom is 0.351 e. The lowest BCUT2D eigenvalue weighted by molar-refractivity contribution is -0.138. The molecule has 0 spiro atoms. The Morgan fingerprint density at radius 1 is 1.65 bits per heavy atom. The van der Waals surface area contributed by atoms with E-state index in [9.17, 15) is 9.59 Å². The molecule has 2 aliphatic rings. The van der Waals surface area contributed by atoms with Crippen LogP contribution in [0.25, 0.3) is 0 Å². The number of ether oxygens (including phenoxy) is 1. The van der Waals surface area contributed by atoms with Crippen LogP contribution in [0.15, 0.2) is 10.6 Å². The number of hydrogen-bond donors (Lipinski definition) is 0. The highest BCUT2D eigenvalue weighted by Gasteiger charge is 2.41. The molecule has 0 N–H and O–H groups in total. The predicted octanol–water partition coefficient (Wildman–Crippen LogP) is 1.02. The minimum absolute atomic E-state index is 0.0236. The summed E-state index contributed by atoms with van der Waals surface area (Å²) in [5.41, 5.74) is -0.0467. The number of thioether (sulfide) groups is 1. The summed E-state index contributed by atoms with van der Waals surface area (Å²) in [6, 6.07) is 2.02. The lowest BCUT2D eigenvalue weighted by Gasteiger charge is -2.16. The Morgan fingerprint density at radius 2 is 2.35 bits per heavy atom. The fourth-order valence-corrected chi connectivity index (χ4v) is 2.72. The predicted molar refractivity (Wildman–Crippen MR) is 61.6 cm³/mol. The zero-order valence-corrected chi connectivity index (χ0v) is 10.2. The molecule has 5 nitrogen and oxygen atoms in total. The molecule has 1 heterocycles. The quantitative estimate of drug-likeness (QED) is 0.426. The molecule has 1 saturated heterocycles. The van der Waals surface area contributed by atoms with Gasteiger partial charge in [-0.1, -0.05) is 11.8 Å². The molecule has 0 aromatic rings. The van der Waals surface area contributed by atoms with Crippen LogP contribution < -0.4 is 0 Å². The number of amides is 1. The highest BCUT2D eigenvalue weighted by Crippen LogP contribution is 2.40. The van der Waals surface area contributed by atoms with E-state index in [1.54, 1.807) is 11.8 Å². The first-order chi connectivity index (χ1) is 8.19. The van der Waals surface area contributed by atoms with E-state index in [0.717, 1.165) is 12.8 Å². The van der Waals surface area contributed by atoms with Crippen molar-refractivity contribution >= 4 is 23.6 Å². The van der Waals surface area contributed by atoms with E-state index >= 15 is 0 Å². The van der Waals surface area contributed by atoms with Gasteiger partial charge < -0.3 is 9.64 Å². The lowest BCUT2D eigenvalue weighted by atomic mass is 10.3. The van der Waals surface area contributed by atoms with E-state index in [2.05, 4.69) is 0 Å². The third-order valence-electron chi connectivity index (χ3n) is 2.54. The van der Waals surface area contributed by atoms with E-state index < -0.39 is 5.97 Å².